The second-order valence-electron chi connectivity index (χ2n) is 3.65. The van der Waals surface area contributed by atoms with Gasteiger partial charge in [-0.25, -0.2) is 9.59 Å². The molecule has 20 heavy (non-hydrogen) atoms. The molecule has 0 aromatic rings. The van der Waals surface area contributed by atoms with E-state index in [4.69, 9.17) is 18.9 Å². The molecule has 0 fully saturated rings. The predicted octanol–water partition coefficient (Wildman–Crippen LogP) is 0.250. The van der Waals surface area contributed by atoms with Gasteiger partial charge in [0.1, 0.15) is 11.1 Å². The van der Waals surface area contributed by atoms with Crippen LogP contribution in [0.2, 0.25) is 0 Å². The molecule has 0 heterocycles. The molecule has 0 radical (unpaired) electrons. The van der Waals surface area contributed by atoms with Crippen molar-refractivity contribution in [2.45, 2.75) is 0 Å². The van der Waals surface area contributed by atoms with Crippen molar-refractivity contribution in [3.05, 3.63) is 34.4 Å². The van der Waals surface area contributed by atoms with Gasteiger partial charge in [0.15, 0.2) is 11.5 Å². The largest absolute Gasteiger partial charge is 0.492 e. The van der Waals surface area contributed by atoms with E-state index in [0.717, 1.165) is 0 Å². The average Bonchev–Trinajstić information content (AvgIpc) is 2.79. The van der Waals surface area contributed by atoms with Crippen LogP contribution in [0.15, 0.2) is 34.4 Å². The standard InChI is InChI=1S/C13H17NO6/c1-14-6-7-8(12(15)19-4)10(17-2)11(18-3)9(7)13(16)20-5/h6,14H,1-5H3. The van der Waals surface area contributed by atoms with Crippen LogP contribution in [0.5, 0.6) is 0 Å². The molecule has 1 aliphatic carbocycles. The van der Waals surface area contributed by atoms with Crippen molar-refractivity contribution in [3.63, 3.8) is 0 Å². The molecule has 110 valence electrons. The van der Waals surface area contributed by atoms with Gasteiger partial charge in [0, 0.05) is 18.8 Å². The van der Waals surface area contributed by atoms with Gasteiger partial charge in [-0.1, -0.05) is 0 Å². The molecular weight excluding hydrogens is 266 g/mol. The van der Waals surface area contributed by atoms with Gasteiger partial charge in [0.25, 0.3) is 0 Å². The highest BCUT2D eigenvalue weighted by molar-refractivity contribution is 6.07. The van der Waals surface area contributed by atoms with E-state index in [1.165, 1.54) is 34.6 Å². The van der Waals surface area contributed by atoms with Crippen LogP contribution in [-0.2, 0) is 28.5 Å². The SMILES string of the molecule is CNC=C1C(C(=O)OC)=C(OC)C(OC)=C1C(=O)OC. The number of methoxy groups -OCH3 is 4. The number of ether oxygens (including phenoxy) is 4. The zero-order chi connectivity index (χ0) is 15.3. The minimum Gasteiger partial charge on any atom is -0.492 e. The summed E-state index contributed by atoms with van der Waals surface area (Å²) in [5.41, 5.74) is 0.489. The number of esters is 2. The Bertz CT molecular complexity index is 473. The first-order valence-electron chi connectivity index (χ1n) is 5.69. The van der Waals surface area contributed by atoms with E-state index >= 15 is 0 Å². The van der Waals surface area contributed by atoms with Gasteiger partial charge in [-0.05, 0) is 0 Å². The maximum atomic E-state index is 11.9. The van der Waals surface area contributed by atoms with Crippen molar-refractivity contribution >= 4 is 11.9 Å². The predicted molar refractivity (Wildman–Crippen MR) is 69.2 cm³/mol. The fraction of sp³-hybridized carbons (Fsp3) is 0.385. The molecule has 7 nitrogen and oxygen atoms in total. The smallest absolute Gasteiger partial charge is 0.342 e. The van der Waals surface area contributed by atoms with Crippen LogP contribution in [0, 0.1) is 0 Å². The van der Waals surface area contributed by atoms with Crippen molar-refractivity contribution in [1.82, 2.24) is 5.32 Å². The van der Waals surface area contributed by atoms with E-state index in [-0.39, 0.29) is 22.7 Å². The summed E-state index contributed by atoms with van der Waals surface area (Å²) in [6.45, 7) is 0. The first kappa shape index (κ1) is 15.6. The summed E-state index contributed by atoms with van der Waals surface area (Å²) in [6, 6.07) is 0. The van der Waals surface area contributed by atoms with Crippen molar-refractivity contribution in [2.24, 2.45) is 0 Å². The van der Waals surface area contributed by atoms with Crippen molar-refractivity contribution in [3.8, 4) is 0 Å². The quantitative estimate of drug-likeness (QED) is 0.724. The van der Waals surface area contributed by atoms with Gasteiger partial charge in [-0.2, -0.15) is 0 Å². The summed E-state index contributed by atoms with van der Waals surface area (Å²) < 4.78 is 19.8. The van der Waals surface area contributed by atoms with E-state index in [1.54, 1.807) is 7.05 Å². The lowest BCUT2D eigenvalue weighted by Crippen LogP contribution is -2.14. The molecular formula is C13H17NO6. The Hall–Kier alpha value is -2.44. The maximum absolute atomic E-state index is 11.9. The first-order valence-corrected chi connectivity index (χ1v) is 5.69. The number of nitrogens with one attached hydrogen (secondary N) is 1. The summed E-state index contributed by atoms with van der Waals surface area (Å²) in [7, 11) is 6.85. The first-order chi connectivity index (χ1) is 9.56. The summed E-state index contributed by atoms with van der Waals surface area (Å²) in [5, 5.41) is 2.76. The van der Waals surface area contributed by atoms with Crippen molar-refractivity contribution in [1.29, 1.82) is 0 Å². The van der Waals surface area contributed by atoms with Gasteiger partial charge in [-0.3, -0.25) is 0 Å². The summed E-state index contributed by atoms with van der Waals surface area (Å²) in [5.74, 6) is -1.03. The van der Waals surface area contributed by atoms with Gasteiger partial charge < -0.3 is 24.3 Å². The molecule has 1 rings (SSSR count). The highest BCUT2D eigenvalue weighted by Crippen LogP contribution is 2.38. The van der Waals surface area contributed by atoms with Crippen LogP contribution in [0.3, 0.4) is 0 Å². The normalized spacial score (nSPS) is 14.2. The van der Waals surface area contributed by atoms with E-state index < -0.39 is 11.9 Å². The topological polar surface area (TPSA) is 83.1 Å². The van der Waals surface area contributed by atoms with E-state index in [1.807, 2.05) is 0 Å². The Kier molecular flexibility index (Phi) is 5.19. The van der Waals surface area contributed by atoms with E-state index in [9.17, 15) is 9.59 Å². The molecule has 0 saturated carbocycles. The molecule has 0 aliphatic heterocycles. The van der Waals surface area contributed by atoms with Crippen molar-refractivity contribution < 1.29 is 28.5 Å². The van der Waals surface area contributed by atoms with Gasteiger partial charge >= 0.3 is 11.9 Å². The number of carbonyl (C=O) groups excluding carboxylic acids is 2. The van der Waals surface area contributed by atoms with E-state index in [0.29, 0.717) is 5.57 Å². The molecule has 0 atom stereocenters. The number of hydrogen-bond acceptors (Lipinski definition) is 7. The third-order valence-corrected chi connectivity index (χ3v) is 2.67. The van der Waals surface area contributed by atoms with Crippen LogP contribution in [0.25, 0.3) is 0 Å². The third kappa shape index (κ3) is 2.47. The minimum atomic E-state index is -0.642. The van der Waals surface area contributed by atoms with Gasteiger partial charge in [0.05, 0.1) is 28.4 Å². The van der Waals surface area contributed by atoms with Crippen LogP contribution in [0.4, 0.5) is 0 Å². The van der Waals surface area contributed by atoms with Crippen LogP contribution >= 0.6 is 0 Å². The molecule has 0 aromatic heterocycles. The monoisotopic (exact) mass is 283 g/mol. The molecule has 1 N–H and O–H groups in total. The number of carbonyl (C=O) groups is 2. The number of hydrogen-bond donors (Lipinski definition) is 1. The molecule has 7 heteroatoms. The highest BCUT2D eigenvalue weighted by Gasteiger charge is 2.40. The van der Waals surface area contributed by atoms with Gasteiger partial charge in [0.2, 0.25) is 0 Å². The molecule has 0 bridgehead atoms. The van der Waals surface area contributed by atoms with Crippen LogP contribution in [0.1, 0.15) is 0 Å². The zero-order valence-electron chi connectivity index (χ0n) is 12.0. The summed E-state index contributed by atoms with van der Waals surface area (Å²) in [6.07, 6.45) is 1.48. The lowest BCUT2D eigenvalue weighted by Gasteiger charge is -2.07. The Morgan fingerprint density at radius 1 is 0.900 bits per heavy atom. The Morgan fingerprint density at radius 2 is 1.30 bits per heavy atom. The molecule has 1 aliphatic rings. The maximum Gasteiger partial charge on any atom is 0.342 e. The number of rotatable bonds is 5. The molecule has 0 aromatic carbocycles. The zero-order valence-corrected chi connectivity index (χ0v) is 12.0. The van der Waals surface area contributed by atoms with Crippen LogP contribution < -0.4 is 5.32 Å². The molecule has 0 spiro atoms. The Balaban J connectivity index is 3.57. The second-order valence-corrected chi connectivity index (χ2v) is 3.65. The van der Waals surface area contributed by atoms with E-state index in [2.05, 4.69) is 5.32 Å². The highest BCUT2D eigenvalue weighted by atomic mass is 16.5. The molecule has 0 amide bonds. The van der Waals surface area contributed by atoms with Crippen LogP contribution in [-0.4, -0.2) is 47.4 Å². The average molecular weight is 283 g/mol. The molecule has 0 saturated heterocycles. The van der Waals surface area contributed by atoms with Gasteiger partial charge in [-0.15, -0.1) is 0 Å². The lowest BCUT2D eigenvalue weighted by atomic mass is 10.0. The lowest BCUT2D eigenvalue weighted by molar-refractivity contribution is -0.136. The van der Waals surface area contributed by atoms with Crippen molar-refractivity contribution in [2.75, 3.05) is 35.5 Å². The summed E-state index contributed by atoms with van der Waals surface area (Å²) >= 11 is 0. The second kappa shape index (κ2) is 6.65. The fourth-order valence-electron chi connectivity index (χ4n) is 1.88. The molecule has 0 unspecified atom stereocenters. The fourth-order valence-corrected chi connectivity index (χ4v) is 1.88. The third-order valence-electron chi connectivity index (χ3n) is 2.67. The summed E-state index contributed by atoms with van der Waals surface area (Å²) in [4.78, 5) is 23.8. The minimum absolute atomic E-state index is 0.0987. The Labute approximate surface area is 116 Å². The Morgan fingerprint density at radius 3 is 1.55 bits per heavy atom.